The zero-order chi connectivity index (χ0) is 26.5. The van der Waals surface area contributed by atoms with Crippen LogP contribution in [0, 0.1) is 12.3 Å². The molecule has 1 saturated heterocycles. The predicted molar refractivity (Wildman–Crippen MR) is 132 cm³/mol. The van der Waals surface area contributed by atoms with Crippen LogP contribution in [0.1, 0.15) is 35.6 Å². The fourth-order valence-electron chi connectivity index (χ4n) is 4.02. The number of nitrogens with one attached hydrogen (secondary N) is 3. The van der Waals surface area contributed by atoms with Crippen molar-refractivity contribution in [1.82, 2.24) is 15.1 Å². The fraction of sp³-hybridized carbons (Fsp3) is 0.375. The van der Waals surface area contributed by atoms with Crippen molar-refractivity contribution in [1.29, 1.82) is 5.41 Å². The standard InChI is InChI=1S/C24H31N5O6S/c1-15-6-4-5-7-21(15)36(32,33)28-19(24(31)34-3)14-27-22(30)13-18-12-20(29(2)35-18)16-8-10-17(11-9-16)23(25)26/h4-11,18-20,28H,12-14H2,1-3H3,(H3,25,26)(H,27,30)/t18-,19+,20+/m1/s1. The van der Waals surface area contributed by atoms with E-state index >= 15 is 0 Å². The Labute approximate surface area is 210 Å². The first-order valence-electron chi connectivity index (χ1n) is 11.3. The molecule has 0 bridgehead atoms. The summed E-state index contributed by atoms with van der Waals surface area (Å²) < 4.78 is 32.6. The highest BCUT2D eigenvalue weighted by Gasteiger charge is 2.34. The summed E-state index contributed by atoms with van der Waals surface area (Å²) in [5.74, 6) is -1.23. The number of ether oxygens (including phenoxy) is 1. The number of methoxy groups -OCH3 is 1. The number of amides is 1. The molecule has 1 fully saturated rings. The molecule has 194 valence electrons. The Bertz CT molecular complexity index is 1220. The van der Waals surface area contributed by atoms with Gasteiger partial charge in [-0.3, -0.25) is 19.8 Å². The molecule has 2 aromatic carbocycles. The van der Waals surface area contributed by atoms with E-state index in [-0.39, 0.29) is 29.7 Å². The van der Waals surface area contributed by atoms with Crippen LogP contribution in [0.3, 0.4) is 0 Å². The summed E-state index contributed by atoms with van der Waals surface area (Å²) in [6.07, 6.45) is 0.154. The maximum atomic E-state index is 12.8. The van der Waals surface area contributed by atoms with E-state index < -0.39 is 34.0 Å². The van der Waals surface area contributed by atoms with E-state index in [9.17, 15) is 18.0 Å². The molecule has 1 aliphatic rings. The van der Waals surface area contributed by atoms with Gasteiger partial charge in [0.1, 0.15) is 11.9 Å². The maximum absolute atomic E-state index is 12.8. The summed E-state index contributed by atoms with van der Waals surface area (Å²) in [6.45, 7) is 1.36. The third kappa shape index (κ3) is 6.66. The number of aryl methyl sites for hydroxylation is 1. The molecule has 2 aromatic rings. The summed E-state index contributed by atoms with van der Waals surface area (Å²) in [5.41, 5.74) is 7.60. The van der Waals surface area contributed by atoms with Crippen molar-refractivity contribution in [2.75, 3.05) is 20.7 Å². The van der Waals surface area contributed by atoms with Gasteiger partial charge in [-0.25, -0.2) is 8.42 Å². The fourth-order valence-corrected chi connectivity index (χ4v) is 5.45. The molecule has 1 amide bonds. The van der Waals surface area contributed by atoms with Crippen LogP contribution in [0.2, 0.25) is 0 Å². The smallest absolute Gasteiger partial charge is 0.325 e. The van der Waals surface area contributed by atoms with Gasteiger partial charge in [-0.2, -0.15) is 9.79 Å². The summed E-state index contributed by atoms with van der Waals surface area (Å²) in [6, 6.07) is 12.2. The number of nitrogen functional groups attached to an aromatic ring is 1. The van der Waals surface area contributed by atoms with Crippen LogP contribution >= 0.6 is 0 Å². The Hall–Kier alpha value is -3.32. The lowest BCUT2D eigenvalue weighted by Gasteiger charge is -2.19. The third-order valence-electron chi connectivity index (χ3n) is 5.93. The molecule has 36 heavy (non-hydrogen) atoms. The second-order valence-electron chi connectivity index (χ2n) is 8.53. The normalized spacial score (nSPS) is 19.0. The van der Waals surface area contributed by atoms with Gasteiger partial charge in [0.25, 0.3) is 0 Å². The minimum absolute atomic E-state index is 0.0152. The van der Waals surface area contributed by atoms with Crippen LogP contribution in [-0.2, 0) is 29.2 Å². The van der Waals surface area contributed by atoms with Crippen LogP contribution in [0.15, 0.2) is 53.4 Å². The van der Waals surface area contributed by atoms with Crippen molar-refractivity contribution >= 4 is 27.7 Å². The van der Waals surface area contributed by atoms with Gasteiger partial charge in [0.05, 0.1) is 30.6 Å². The van der Waals surface area contributed by atoms with E-state index in [2.05, 4.69) is 10.0 Å². The predicted octanol–water partition coefficient (Wildman–Crippen LogP) is 0.982. The lowest BCUT2D eigenvalue weighted by Crippen LogP contribution is -2.49. The van der Waals surface area contributed by atoms with Gasteiger partial charge in [-0.1, -0.05) is 42.5 Å². The average Bonchev–Trinajstić information content (AvgIpc) is 3.20. The first-order valence-corrected chi connectivity index (χ1v) is 12.8. The number of hydroxylamine groups is 2. The molecule has 0 saturated carbocycles. The van der Waals surface area contributed by atoms with E-state index in [1.165, 1.54) is 6.07 Å². The molecule has 12 heteroatoms. The molecular formula is C24H31N5O6S. The largest absolute Gasteiger partial charge is 0.468 e. The molecule has 1 aliphatic heterocycles. The summed E-state index contributed by atoms with van der Waals surface area (Å²) in [7, 11) is -1.11. The van der Waals surface area contributed by atoms with E-state index in [4.69, 9.17) is 20.7 Å². The number of rotatable bonds is 10. The first-order chi connectivity index (χ1) is 17.0. The Balaban J connectivity index is 1.58. The molecule has 3 rings (SSSR count). The summed E-state index contributed by atoms with van der Waals surface area (Å²) in [5, 5.41) is 11.8. The number of sulfonamides is 1. The van der Waals surface area contributed by atoms with Crippen LogP contribution in [0.4, 0.5) is 0 Å². The zero-order valence-corrected chi connectivity index (χ0v) is 21.2. The van der Waals surface area contributed by atoms with Gasteiger partial charge in [-0.15, -0.1) is 0 Å². The van der Waals surface area contributed by atoms with Crippen molar-refractivity contribution < 1.29 is 27.6 Å². The molecule has 0 aliphatic carbocycles. The lowest BCUT2D eigenvalue weighted by molar-refractivity contribution is -0.152. The van der Waals surface area contributed by atoms with E-state index in [0.717, 1.165) is 12.7 Å². The monoisotopic (exact) mass is 517 g/mol. The lowest BCUT2D eigenvalue weighted by atomic mass is 9.99. The zero-order valence-electron chi connectivity index (χ0n) is 20.4. The van der Waals surface area contributed by atoms with Crippen LogP contribution in [-0.4, -0.2) is 64.0 Å². The molecule has 3 atom stereocenters. The molecule has 1 heterocycles. The van der Waals surface area contributed by atoms with Crippen molar-refractivity contribution in [3.8, 4) is 0 Å². The van der Waals surface area contributed by atoms with Gasteiger partial charge < -0.3 is 15.8 Å². The highest BCUT2D eigenvalue weighted by Crippen LogP contribution is 2.34. The average molecular weight is 518 g/mol. The second kappa shape index (κ2) is 11.6. The number of benzene rings is 2. The molecule has 11 nitrogen and oxygen atoms in total. The molecule has 0 unspecified atom stereocenters. The second-order valence-corrected chi connectivity index (χ2v) is 10.2. The summed E-state index contributed by atoms with van der Waals surface area (Å²) in [4.78, 5) is 30.7. The van der Waals surface area contributed by atoms with Crippen LogP contribution in [0.5, 0.6) is 0 Å². The van der Waals surface area contributed by atoms with E-state index in [0.29, 0.717) is 17.5 Å². The van der Waals surface area contributed by atoms with E-state index in [1.807, 2.05) is 12.1 Å². The number of nitrogens with two attached hydrogens (primary N) is 1. The first kappa shape index (κ1) is 27.3. The van der Waals surface area contributed by atoms with Crippen molar-refractivity contribution in [3.05, 3.63) is 65.2 Å². The Morgan fingerprint density at radius 1 is 1.22 bits per heavy atom. The number of amidine groups is 1. The van der Waals surface area contributed by atoms with Gasteiger partial charge in [0.2, 0.25) is 15.9 Å². The Morgan fingerprint density at radius 2 is 1.89 bits per heavy atom. The van der Waals surface area contributed by atoms with E-state index in [1.54, 1.807) is 49.4 Å². The number of esters is 1. The number of hydrogen-bond acceptors (Lipinski definition) is 8. The molecule has 0 aromatic heterocycles. The van der Waals surface area contributed by atoms with Crippen molar-refractivity contribution in [3.63, 3.8) is 0 Å². The van der Waals surface area contributed by atoms with Gasteiger partial charge in [0.15, 0.2) is 0 Å². The molecule has 0 spiro atoms. The maximum Gasteiger partial charge on any atom is 0.325 e. The van der Waals surface area contributed by atoms with Crippen LogP contribution in [0.25, 0.3) is 0 Å². The van der Waals surface area contributed by atoms with Gasteiger partial charge >= 0.3 is 5.97 Å². The van der Waals surface area contributed by atoms with Crippen LogP contribution < -0.4 is 15.8 Å². The molecule has 5 N–H and O–H groups in total. The van der Waals surface area contributed by atoms with Gasteiger partial charge in [-0.05, 0) is 30.5 Å². The number of carbonyl (C=O) groups excluding carboxylic acids is 2. The molecular weight excluding hydrogens is 486 g/mol. The molecule has 0 radical (unpaired) electrons. The SMILES string of the molecule is COC(=O)[C@H](CNC(=O)C[C@H]1C[C@@H](c2ccc(C(=N)N)cc2)N(C)O1)NS(=O)(=O)c1ccccc1C. The van der Waals surface area contributed by atoms with Gasteiger partial charge in [0, 0.05) is 19.2 Å². The van der Waals surface area contributed by atoms with Crippen molar-refractivity contribution in [2.24, 2.45) is 5.73 Å². The highest BCUT2D eigenvalue weighted by molar-refractivity contribution is 7.89. The Kier molecular flexibility index (Phi) is 8.79. The number of carbonyl (C=O) groups is 2. The van der Waals surface area contributed by atoms with Crippen molar-refractivity contribution in [2.45, 2.75) is 42.8 Å². The Morgan fingerprint density at radius 3 is 2.50 bits per heavy atom. The summed E-state index contributed by atoms with van der Waals surface area (Å²) >= 11 is 0. The quantitative estimate of drug-likeness (QED) is 0.206. The third-order valence-corrected chi connectivity index (χ3v) is 7.56. The number of nitrogens with zero attached hydrogens (tertiary/aromatic N) is 1. The minimum Gasteiger partial charge on any atom is -0.468 e. The topological polar surface area (TPSA) is 164 Å². The minimum atomic E-state index is -4.02. The highest BCUT2D eigenvalue weighted by atomic mass is 32.2. The number of hydrogen-bond donors (Lipinski definition) is 4.